The second-order valence-corrected chi connectivity index (χ2v) is 3.31. The summed E-state index contributed by atoms with van der Waals surface area (Å²) in [5, 5.41) is 0. The van der Waals surface area contributed by atoms with Gasteiger partial charge in [0, 0.05) is 25.3 Å². The molecular formula is C7H12N2O2S. The quantitative estimate of drug-likeness (QED) is 0.572. The minimum absolute atomic E-state index is 0.00727. The predicted octanol–water partition coefficient (Wildman–Crippen LogP) is -0.750. The fourth-order valence-corrected chi connectivity index (χ4v) is 1.54. The molecule has 0 aliphatic carbocycles. The van der Waals surface area contributed by atoms with Crippen LogP contribution in [0.2, 0.25) is 0 Å². The summed E-state index contributed by atoms with van der Waals surface area (Å²) in [5.74, 6) is -0.0488. The van der Waals surface area contributed by atoms with Crippen LogP contribution in [-0.4, -0.2) is 35.6 Å². The third-order valence-electron chi connectivity index (χ3n) is 1.99. The highest BCUT2D eigenvalue weighted by atomic mass is 32.1. The van der Waals surface area contributed by atoms with E-state index in [0.717, 1.165) is 0 Å². The first-order valence-electron chi connectivity index (χ1n) is 3.83. The van der Waals surface area contributed by atoms with Gasteiger partial charge in [0.25, 0.3) is 0 Å². The molecule has 1 aliphatic heterocycles. The van der Waals surface area contributed by atoms with E-state index < -0.39 is 0 Å². The number of rotatable bonds is 3. The summed E-state index contributed by atoms with van der Waals surface area (Å²) in [6, 6.07) is 0. The summed E-state index contributed by atoms with van der Waals surface area (Å²) < 4.78 is 0. The van der Waals surface area contributed by atoms with Crippen molar-refractivity contribution >= 4 is 24.4 Å². The molecule has 1 heterocycles. The number of hydrogen-bond acceptors (Lipinski definition) is 3. The highest BCUT2D eigenvalue weighted by molar-refractivity contribution is 7.80. The molecule has 12 heavy (non-hydrogen) atoms. The molecule has 1 rings (SSSR count). The summed E-state index contributed by atoms with van der Waals surface area (Å²) in [6.45, 7) is 1.07. The summed E-state index contributed by atoms with van der Waals surface area (Å²) in [6.07, 6.45) is 0.267. The molecule has 0 aromatic carbocycles. The van der Waals surface area contributed by atoms with E-state index in [2.05, 4.69) is 12.6 Å². The molecule has 4 nitrogen and oxygen atoms in total. The average molecular weight is 188 g/mol. The van der Waals surface area contributed by atoms with E-state index >= 15 is 0 Å². The normalized spacial score (nSPS) is 23.2. The number of amides is 2. The van der Waals surface area contributed by atoms with E-state index in [-0.39, 0.29) is 24.2 Å². The lowest BCUT2D eigenvalue weighted by Gasteiger charge is -2.13. The van der Waals surface area contributed by atoms with Crippen LogP contribution in [0.3, 0.4) is 0 Å². The molecule has 0 aromatic heterocycles. The molecule has 2 N–H and O–H groups in total. The van der Waals surface area contributed by atoms with Crippen molar-refractivity contribution in [3.05, 3.63) is 0 Å². The second kappa shape index (κ2) is 3.80. The van der Waals surface area contributed by atoms with Crippen LogP contribution in [0.15, 0.2) is 0 Å². The van der Waals surface area contributed by atoms with Gasteiger partial charge in [0.05, 0.1) is 5.92 Å². The molecular weight excluding hydrogens is 176 g/mol. The van der Waals surface area contributed by atoms with E-state index in [1.807, 2.05) is 0 Å². The van der Waals surface area contributed by atoms with Crippen LogP contribution in [0, 0.1) is 5.92 Å². The van der Waals surface area contributed by atoms with Crippen molar-refractivity contribution in [2.75, 3.05) is 18.8 Å². The van der Waals surface area contributed by atoms with Crippen LogP contribution in [0.1, 0.15) is 6.42 Å². The fraction of sp³-hybridized carbons (Fsp3) is 0.714. The van der Waals surface area contributed by atoms with Crippen LogP contribution in [0.5, 0.6) is 0 Å². The fourth-order valence-electron chi connectivity index (χ4n) is 1.30. The van der Waals surface area contributed by atoms with Gasteiger partial charge < -0.3 is 10.6 Å². The third-order valence-corrected chi connectivity index (χ3v) is 2.19. The number of thiol groups is 1. The van der Waals surface area contributed by atoms with Crippen LogP contribution in [0.25, 0.3) is 0 Å². The largest absolute Gasteiger partial charge is 0.369 e. The Morgan fingerprint density at radius 2 is 2.42 bits per heavy atom. The molecule has 1 unspecified atom stereocenters. The van der Waals surface area contributed by atoms with Gasteiger partial charge in [0.1, 0.15) is 0 Å². The number of carbonyl (C=O) groups is 2. The summed E-state index contributed by atoms with van der Waals surface area (Å²) in [7, 11) is 0. The molecule has 2 amide bonds. The van der Waals surface area contributed by atoms with Crippen molar-refractivity contribution in [2.45, 2.75) is 6.42 Å². The molecule has 0 aromatic rings. The van der Waals surface area contributed by atoms with Gasteiger partial charge in [-0.2, -0.15) is 12.6 Å². The molecule has 1 fully saturated rings. The van der Waals surface area contributed by atoms with Crippen LogP contribution in [-0.2, 0) is 9.59 Å². The number of primary amides is 1. The zero-order valence-electron chi connectivity index (χ0n) is 6.69. The zero-order chi connectivity index (χ0) is 9.14. The molecule has 68 valence electrons. The van der Waals surface area contributed by atoms with Gasteiger partial charge in [-0.15, -0.1) is 0 Å². The molecule has 0 radical (unpaired) electrons. The van der Waals surface area contributed by atoms with Crippen LogP contribution >= 0.6 is 12.6 Å². The Hall–Kier alpha value is -0.710. The van der Waals surface area contributed by atoms with Gasteiger partial charge in [-0.3, -0.25) is 9.59 Å². The lowest BCUT2D eigenvalue weighted by molar-refractivity contribution is -0.128. The number of nitrogens with zero attached hydrogens (tertiary/aromatic N) is 1. The minimum atomic E-state index is -0.384. The Bertz CT molecular complexity index is 208. The van der Waals surface area contributed by atoms with Crippen LogP contribution < -0.4 is 5.73 Å². The van der Waals surface area contributed by atoms with Gasteiger partial charge >= 0.3 is 0 Å². The van der Waals surface area contributed by atoms with E-state index in [1.165, 1.54) is 0 Å². The van der Waals surface area contributed by atoms with Crippen molar-refractivity contribution in [3.8, 4) is 0 Å². The van der Waals surface area contributed by atoms with Crippen molar-refractivity contribution < 1.29 is 9.59 Å². The second-order valence-electron chi connectivity index (χ2n) is 2.87. The van der Waals surface area contributed by atoms with E-state index in [9.17, 15) is 9.59 Å². The maximum atomic E-state index is 11.2. The Morgan fingerprint density at radius 3 is 2.83 bits per heavy atom. The van der Waals surface area contributed by atoms with Crippen molar-refractivity contribution in [2.24, 2.45) is 11.7 Å². The van der Waals surface area contributed by atoms with Crippen molar-refractivity contribution in [1.29, 1.82) is 0 Å². The molecule has 5 heteroatoms. The first-order chi connectivity index (χ1) is 5.65. The number of nitrogens with two attached hydrogens (primary N) is 1. The first kappa shape index (κ1) is 9.38. The van der Waals surface area contributed by atoms with Gasteiger partial charge in [-0.05, 0) is 0 Å². The Labute approximate surface area is 76.5 Å². The van der Waals surface area contributed by atoms with E-state index in [1.54, 1.807) is 4.90 Å². The topological polar surface area (TPSA) is 63.4 Å². The molecule has 0 saturated carbocycles. The zero-order valence-corrected chi connectivity index (χ0v) is 7.59. The summed E-state index contributed by atoms with van der Waals surface area (Å²) in [5.41, 5.74) is 5.08. The third kappa shape index (κ3) is 1.91. The Morgan fingerprint density at radius 1 is 1.75 bits per heavy atom. The molecule has 1 aliphatic rings. The highest BCUT2D eigenvalue weighted by Crippen LogP contribution is 2.16. The van der Waals surface area contributed by atoms with E-state index in [0.29, 0.717) is 18.8 Å². The SMILES string of the molecule is NC(=O)C1CC(=O)N(CCS)C1. The summed E-state index contributed by atoms with van der Waals surface area (Å²) >= 11 is 4.01. The van der Waals surface area contributed by atoms with Gasteiger partial charge in [-0.1, -0.05) is 0 Å². The van der Waals surface area contributed by atoms with E-state index in [4.69, 9.17) is 5.73 Å². The maximum absolute atomic E-state index is 11.2. The van der Waals surface area contributed by atoms with Crippen molar-refractivity contribution in [1.82, 2.24) is 4.90 Å². The number of carbonyl (C=O) groups excluding carboxylic acids is 2. The van der Waals surface area contributed by atoms with Gasteiger partial charge in [-0.25, -0.2) is 0 Å². The lowest BCUT2D eigenvalue weighted by atomic mass is 10.1. The number of hydrogen-bond donors (Lipinski definition) is 2. The average Bonchev–Trinajstić information content (AvgIpc) is 2.34. The Kier molecular flexibility index (Phi) is 2.97. The molecule has 1 saturated heterocycles. The summed E-state index contributed by atoms with van der Waals surface area (Å²) in [4.78, 5) is 23.5. The Balaban J connectivity index is 2.50. The molecule has 1 atom stereocenters. The first-order valence-corrected chi connectivity index (χ1v) is 4.46. The standard InChI is InChI=1S/C7H12N2O2S/c8-7(11)5-3-6(10)9(4-5)1-2-12/h5,12H,1-4H2,(H2,8,11). The minimum Gasteiger partial charge on any atom is -0.369 e. The molecule has 0 spiro atoms. The monoisotopic (exact) mass is 188 g/mol. The number of likely N-dealkylation sites (tertiary alicyclic amines) is 1. The lowest BCUT2D eigenvalue weighted by Crippen LogP contribution is -2.29. The van der Waals surface area contributed by atoms with Gasteiger partial charge in [0.15, 0.2) is 0 Å². The highest BCUT2D eigenvalue weighted by Gasteiger charge is 2.32. The molecule has 0 bridgehead atoms. The predicted molar refractivity (Wildman–Crippen MR) is 47.7 cm³/mol. The van der Waals surface area contributed by atoms with Gasteiger partial charge in [0.2, 0.25) is 11.8 Å². The maximum Gasteiger partial charge on any atom is 0.223 e. The smallest absolute Gasteiger partial charge is 0.223 e. The van der Waals surface area contributed by atoms with Crippen molar-refractivity contribution in [3.63, 3.8) is 0 Å². The van der Waals surface area contributed by atoms with Crippen LogP contribution in [0.4, 0.5) is 0 Å².